The molecule has 3 aromatic rings. The molecule has 1 fully saturated rings. The van der Waals surface area contributed by atoms with E-state index in [0.717, 1.165) is 35.5 Å². The van der Waals surface area contributed by atoms with Crippen LogP contribution in [-0.4, -0.2) is 38.7 Å². The average Bonchev–Trinajstić information content (AvgIpc) is 3.28. The van der Waals surface area contributed by atoms with Gasteiger partial charge in [-0.05, 0) is 55.7 Å². The van der Waals surface area contributed by atoms with Gasteiger partial charge in [0.25, 0.3) is 5.91 Å². The van der Waals surface area contributed by atoms with Crippen LogP contribution in [0.5, 0.6) is 0 Å². The highest BCUT2D eigenvalue weighted by molar-refractivity contribution is 5.95. The third-order valence-corrected chi connectivity index (χ3v) is 5.07. The second-order valence-corrected chi connectivity index (χ2v) is 7.09. The standard InChI is InChI=1S/C21H22N4O2/c1-14-10-15(2)25(23-14)19-8-9-24(13-19)21(27)17-5-3-4-16(11-17)18-6-7-20(26)22-12-18/h3-7,10-12,19H,8-9,13H2,1-2H3,(H,22,26)/t19-/m0/s1. The summed E-state index contributed by atoms with van der Waals surface area (Å²) in [5.41, 5.74) is 4.45. The van der Waals surface area contributed by atoms with Crippen molar-refractivity contribution in [1.82, 2.24) is 19.7 Å². The quantitative estimate of drug-likeness (QED) is 0.779. The number of nitrogens with one attached hydrogen (secondary N) is 1. The Labute approximate surface area is 157 Å². The topological polar surface area (TPSA) is 71.0 Å². The largest absolute Gasteiger partial charge is 0.336 e. The van der Waals surface area contributed by atoms with Gasteiger partial charge in [0.1, 0.15) is 0 Å². The molecule has 6 nitrogen and oxygen atoms in total. The summed E-state index contributed by atoms with van der Waals surface area (Å²) < 4.78 is 2.04. The summed E-state index contributed by atoms with van der Waals surface area (Å²) >= 11 is 0. The molecule has 0 spiro atoms. The van der Waals surface area contributed by atoms with Crippen molar-refractivity contribution in [3.8, 4) is 11.1 Å². The predicted molar refractivity (Wildman–Crippen MR) is 104 cm³/mol. The van der Waals surface area contributed by atoms with Crippen LogP contribution >= 0.6 is 0 Å². The van der Waals surface area contributed by atoms with Gasteiger partial charge in [0, 0.05) is 36.6 Å². The van der Waals surface area contributed by atoms with Gasteiger partial charge in [-0.2, -0.15) is 5.10 Å². The van der Waals surface area contributed by atoms with Crippen LogP contribution in [0.2, 0.25) is 0 Å². The van der Waals surface area contributed by atoms with E-state index in [9.17, 15) is 9.59 Å². The monoisotopic (exact) mass is 362 g/mol. The third kappa shape index (κ3) is 3.43. The summed E-state index contributed by atoms with van der Waals surface area (Å²) in [6, 6.07) is 13.1. The van der Waals surface area contributed by atoms with Gasteiger partial charge in [0.2, 0.25) is 5.56 Å². The molecule has 0 radical (unpaired) electrons. The van der Waals surface area contributed by atoms with E-state index in [0.29, 0.717) is 12.1 Å². The Morgan fingerprint density at radius 1 is 1.15 bits per heavy atom. The van der Waals surface area contributed by atoms with E-state index >= 15 is 0 Å². The van der Waals surface area contributed by atoms with E-state index in [4.69, 9.17) is 0 Å². The number of amides is 1. The lowest BCUT2D eigenvalue weighted by Crippen LogP contribution is -2.29. The number of rotatable bonds is 3. The van der Waals surface area contributed by atoms with Crippen molar-refractivity contribution in [3.63, 3.8) is 0 Å². The van der Waals surface area contributed by atoms with Gasteiger partial charge < -0.3 is 9.88 Å². The van der Waals surface area contributed by atoms with Crippen molar-refractivity contribution in [2.75, 3.05) is 13.1 Å². The lowest BCUT2D eigenvalue weighted by molar-refractivity contribution is 0.0787. The Bertz CT molecular complexity index is 1030. The number of aromatic nitrogens is 3. The van der Waals surface area contributed by atoms with Gasteiger partial charge in [-0.15, -0.1) is 0 Å². The maximum Gasteiger partial charge on any atom is 0.253 e. The molecule has 2 aromatic heterocycles. The van der Waals surface area contributed by atoms with E-state index in [1.54, 1.807) is 12.3 Å². The van der Waals surface area contributed by atoms with E-state index in [1.165, 1.54) is 6.07 Å². The smallest absolute Gasteiger partial charge is 0.253 e. The molecule has 0 saturated carbocycles. The number of carbonyl (C=O) groups is 1. The van der Waals surface area contributed by atoms with Crippen LogP contribution in [0.25, 0.3) is 11.1 Å². The summed E-state index contributed by atoms with van der Waals surface area (Å²) in [5.74, 6) is 0.0327. The first-order valence-electron chi connectivity index (χ1n) is 9.12. The number of aryl methyl sites for hydroxylation is 2. The SMILES string of the molecule is Cc1cc(C)n([C@H]2CCN(C(=O)c3cccc(-c4ccc(=O)[nH]c4)c3)C2)n1. The Morgan fingerprint density at radius 3 is 2.70 bits per heavy atom. The van der Waals surface area contributed by atoms with Crippen molar-refractivity contribution in [1.29, 1.82) is 0 Å². The minimum Gasteiger partial charge on any atom is -0.336 e. The maximum atomic E-state index is 13.0. The molecule has 1 aromatic carbocycles. The number of carbonyl (C=O) groups excluding carboxylic acids is 1. The van der Waals surface area contributed by atoms with Crippen molar-refractivity contribution in [3.05, 3.63) is 76.0 Å². The summed E-state index contributed by atoms with van der Waals surface area (Å²) in [6.45, 7) is 5.44. The second-order valence-electron chi connectivity index (χ2n) is 7.09. The molecule has 1 N–H and O–H groups in total. The Morgan fingerprint density at radius 2 is 2.00 bits per heavy atom. The highest BCUT2D eigenvalue weighted by Gasteiger charge is 2.29. The van der Waals surface area contributed by atoms with E-state index in [1.807, 2.05) is 40.8 Å². The van der Waals surface area contributed by atoms with Crippen molar-refractivity contribution in [2.45, 2.75) is 26.3 Å². The first-order valence-corrected chi connectivity index (χ1v) is 9.12. The molecule has 0 aliphatic carbocycles. The van der Waals surface area contributed by atoms with Gasteiger partial charge in [-0.3, -0.25) is 14.3 Å². The number of nitrogens with zero attached hydrogens (tertiary/aromatic N) is 3. The molecule has 1 aliphatic rings. The molecule has 6 heteroatoms. The first kappa shape index (κ1) is 17.3. The summed E-state index contributed by atoms with van der Waals surface area (Å²) in [7, 11) is 0. The van der Waals surface area contributed by atoms with Crippen LogP contribution in [0.1, 0.15) is 34.2 Å². The summed E-state index contributed by atoms with van der Waals surface area (Å²) in [6.07, 6.45) is 2.58. The molecule has 1 atom stereocenters. The van der Waals surface area contributed by atoms with Crippen molar-refractivity contribution in [2.24, 2.45) is 0 Å². The van der Waals surface area contributed by atoms with Crippen LogP contribution in [0.4, 0.5) is 0 Å². The Balaban J connectivity index is 1.53. The molecule has 138 valence electrons. The number of likely N-dealkylation sites (tertiary alicyclic amines) is 1. The number of hydrogen-bond donors (Lipinski definition) is 1. The van der Waals surface area contributed by atoms with Crippen LogP contribution in [0, 0.1) is 13.8 Å². The van der Waals surface area contributed by atoms with Gasteiger partial charge in [-0.1, -0.05) is 12.1 Å². The molecule has 1 aliphatic heterocycles. The minimum atomic E-state index is -0.141. The number of hydrogen-bond acceptors (Lipinski definition) is 3. The molecular formula is C21H22N4O2. The number of H-pyrrole nitrogens is 1. The molecule has 1 saturated heterocycles. The number of aromatic amines is 1. The van der Waals surface area contributed by atoms with Gasteiger partial charge in [-0.25, -0.2) is 0 Å². The minimum absolute atomic E-state index is 0.0327. The molecule has 0 unspecified atom stereocenters. The zero-order valence-corrected chi connectivity index (χ0v) is 15.5. The molecule has 1 amide bonds. The van der Waals surface area contributed by atoms with E-state index in [2.05, 4.69) is 23.1 Å². The van der Waals surface area contributed by atoms with E-state index in [-0.39, 0.29) is 17.5 Å². The van der Waals surface area contributed by atoms with Crippen molar-refractivity contribution >= 4 is 5.91 Å². The fourth-order valence-electron chi connectivity index (χ4n) is 3.75. The van der Waals surface area contributed by atoms with E-state index < -0.39 is 0 Å². The Kier molecular flexibility index (Phi) is 4.39. The fourth-order valence-corrected chi connectivity index (χ4v) is 3.75. The molecule has 27 heavy (non-hydrogen) atoms. The summed E-state index contributed by atoms with van der Waals surface area (Å²) in [5, 5.41) is 4.57. The average molecular weight is 362 g/mol. The van der Waals surface area contributed by atoms with Crippen LogP contribution in [0.3, 0.4) is 0 Å². The summed E-state index contributed by atoms with van der Waals surface area (Å²) in [4.78, 5) is 28.8. The first-order chi connectivity index (χ1) is 13.0. The maximum absolute atomic E-state index is 13.0. The van der Waals surface area contributed by atoms with Crippen LogP contribution < -0.4 is 5.56 Å². The normalized spacial score (nSPS) is 16.7. The number of benzene rings is 1. The second kappa shape index (κ2) is 6.87. The molecule has 3 heterocycles. The molecule has 4 rings (SSSR count). The van der Waals surface area contributed by atoms with Gasteiger partial charge in [0.05, 0.1) is 11.7 Å². The highest BCUT2D eigenvalue weighted by atomic mass is 16.2. The van der Waals surface area contributed by atoms with Gasteiger partial charge in [0.15, 0.2) is 0 Å². The lowest BCUT2D eigenvalue weighted by atomic mass is 10.0. The molecular weight excluding hydrogens is 340 g/mol. The number of pyridine rings is 1. The molecule has 0 bridgehead atoms. The third-order valence-electron chi connectivity index (χ3n) is 5.07. The zero-order chi connectivity index (χ0) is 19.0. The fraction of sp³-hybridized carbons (Fsp3) is 0.286. The zero-order valence-electron chi connectivity index (χ0n) is 15.5. The predicted octanol–water partition coefficient (Wildman–Crippen LogP) is 2.94. The van der Waals surface area contributed by atoms with Gasteiger partial charge >= 0.3 is 0 Å². The van der Waals surface area contributed by atoms with Crippen molar-refractivity contribution < 1.29 is 4.79 Å². The van der Waals surface area contributed by atoms with Crippen LogP contribution in [0.15, 0.2) is 53.5 Å². The van der Waals surface area contributed by atoms with Crippen LogP contribution in [-0.2, 0) is 0 Å². The highest BCUT2D eigenvalue weighted by Crippen LogP contribution is 2.26. The Hall–Kier alpha value is -3.15. The lowest BCUT2D eigenvalue weighted by Gasteiger charge is -2.18.